The van der Waals surface area contributed by atoms with Crippen molar-refractivity contribution in [3.8, 4) is 0 Å². The van der Waals surface area contributed by atoms with Gasteiger partial charge in [-0.3, -0.25) is 15.2 Å². The molecule has 1 aliphatic rings. The Bertz CT molecular complexity index is 979. The fraction of sp³-hybridized carbons (Fsp3) is 0.286. The zero-order valence-corrected chi connectivity index (χ0v) is 16.1. The van der Waals surface area contributed by atoms with Crippen LogP contribution in [-0.2, 0) is 15.8 Å². The lowest BCUT2D eigenvalue weighted by Gasteiger charge is -2.17. The SMILES string of the molecule is CC(C)(O)c1ncc(N/C=C\C(=N)NC(=O)C2(c3ccccc3F)CC2)cc1F. The maximum atomic E-state index is 14.0. The van der Waals surface area contributed by atoms with Crippen molar-refractivity contribution >= 4 is 17.4 Å². The molecule has 0 atom stereocenters. The van der Waals surface area contributed by atoms with Crippen LogP contribution in [0.4, 0.5) is 14.5 Å². The second-order valence-corrected chi connectivity index (χ2v) is 7.52. The van der Waals surface area contributed by atoms with Crippen molar-refractivity contribution < 1.29 is 18.7 Å². The van der Waals surface area contributed by atoms with E-state index in [0.29, 0.717) is 24.1 Å². The molecule has 1 aromatic heterocycles. The third-order valence-electron chi connectivity index (χ3n) is 4.74. The zero-order chi connectivity index (χ0) is 21.2. The molecule has 4 N–H and O–H groups in total. The third-order valence-corrected chi connectivity index (χ3v) is 4.74. The number of aliphatic hydroxyl groups is 1. The summed E-state index contributed by atoms with van der Waals surface area (Å²) < 4.78 is 28.1. The van der Waals surface area contributed by atoms with Crippen LogP contribution in [0, 0.1) is 17.0 Å². The Kier molecular flexibility index (Phi) is 5.48. The molecule has 1 aromatic carbocycles. The van der Waals surface area contributed by atoms with E-state index in [2.05, 4.69) is 15.6 Å². The van der Waals surface area contributed by atoms with E-state index in [1.54, 1.807) is 18.2 Å². The molecule has 1 fully saturated rings. The normalized spacial score (nSPS) is 15.2. The molecule has 6 nitrogen and oxygen atoms in total. The maximum absolute atomic E-state index is 14.0. The summed E-state index contributed by atoms with van der Waals surface area (Å²) in [7, 11) is 0. The second-order valence-electron chi connectivity index (χ2n) is 7.52. The quantitative estimate of drug-likeness (QED) is 0.442. The average molecular weight is 400 g/mol. The number of hydrogen-bond donors (Lipinski definition) is 4. The largest absolute Gasteiger partial charge is 0.384 e. The summed E-state index contributed by atoms with van der Waals surface area (Å²) in [6, 6.07) is 7.31. The van der Waals surface area contributed by atoms with E-state index in [4.69, 9.17) is 5.41 Å². The lowest BCUT2D eigenvalue weighted by Crippen LogP contribution is -2.38. The van der Waals surface area contributed by atoms with Crippen molar-refractivity contribution in [2.24, 2.45) is 0 Å². The van der Waals surface area contributed by atoms with E-state index >= 15 is 0 Å². The topological polar surface area (TPSA) is 98.1 Å². The van der Waals surface area contributed by atoms with Crippen LogP contribution in [0.25, 0.3) is 0 Å². The van der Waals surface area contributed by atoms with Gasteiger partial charge in [-0.2, -0.15) is 0 Å². The summed E-state index contributed by atoms with van der Waals surface area (Å²) in [4.78, 5) is 16.4. The molecular formula is C21H22F2N4O2. The number of carbonyl (C=O) groups excluding carboxylic acids is 1. The van der Waals surface area contributed by atoms with Crippen LogP contribution >= 0.6 is 0 Å². The highest BCUT2D eigenvalue weighted by Gasteiger charge is 2.52. The monoisotopic (exact) mass is 400 g/mol. The minimum absolute atomic E-state index is 0.0742. The first kappa shape index (κ1) is 20.6. The number of nitrogens with zero attached hydrogens (tertiary/aromatic N) is 1. The molecule has 0 saturated heterocycles. The number of aromatic nitrogens is 1. The van der Waals surface area contributed by atoms with E-state index in [9.17, 15) is 18.7 Å². The van der Waals surface area contributed by atoms with Crippen molar-refractivity contribution in [1.29, 1.82) is 5.41 Å². The minimum atomic E-state index is -1.40. The number of rotatable bonds is 6. The molecule has 1 saturated carbocycles. The van der Waals surface area contributed by atoms with Gasteiger partial charge in [0.05, 0.1) is 17.3 Å². The van der Waals surface area contributed by atoms with Gasteiger partial charge in [0, 0.05) is 17.8 Å². The Morgan fingerprint density at radius 1 is 1.28 bits per heavy atom. The van der Waals surface area contributed by atoms with E-state index in [-0.39, 0.29) is 11.5 Å². The number of pyridine rings is 1. The van der Waals surface area contributed by atoms with Gasteiger partial charge < -0.3 is 15.7 Å². The predicted octanol–water partition coefficient (Wildman–Crippen LogP) is 3.34. The lowest BCUT2D eigenvalue weighted by molar-refractivity contribution is -0.122. The third kappa shape index (κ3) is 4.48. The number of benzene rings is 1. The molecule has 2 aromatic rings. The molecule has 8 heteroatoms. The molecule has 0 spiro atoms. The first-order chi connectivity index (χ1) is 13.6. The fourth-order valence-electron chi connectivity index (χ4n) is 3.06. The van der Waals surface area contributed by atoms with Gasteiger partial charge in [0.25, 0.3) is 0 Å². The van der Waals surface area contributed by atoms with Gasteiger partial charge in [-0.1, -0.05) is 18.2 Å². The smallest absolute Gasteiger partial charge is 0.236 e. The summed E-state index contributed by atoms with van der Waals surface area (Å²) in [5, 5.41) is 22.9. The molecule has 3 rings (SSSR count). The molecule has 1 heterocycles. The number of anilines is 1. The molecule has 152 valence electrons. The van der Waals surface area contributed by atoms with Gasteiger partial charge in [-0.05, 0) is 38.8 Å². The van der Waals surface area contributed by atoms with Crippen LogP contribution < -0.4 is 10.6 Å². The molecule has 29 heavy (non-hydrogen) atoms. The van der Waals surface area contributed by atoms with Gasteiger partial charge in [-0.25, -0.2) is 8.78 Å². The van der Waals surface area contributed by atoms with Gasteiger partial charge in [-0.15, -0.1) is 0 Å². The van der Waals surface area contributed by atoms with Crippen molar-refractivity contribution in [2.75, 3.05) is 5.32 Å². The highest BCUT2D eigenvalue weighted by molar-refractivity contribution is 6.07. The first-order valence-electron chi connectivity index (χ1n) is 9.10. The Labute approximate surface area is 167 Å². The van der Waals surface area contributed by atoms with Crippen molar-refractivity contribution in [1.82, 2.24) is 10.3 Å². The number of nitrogens with one attached hydrogen (secondary N) is 3. The standard InChI is InChI=1S/C21H22F2N4O2/c1-20(2,29)18-16(23)11-13(12-26-18)25-10-7-17(24)27-19(28)21(8-9-21)14-5-3-4-6-15(14)22/h3-7,10-12,25,29H,8-9H2,1-2H3,(H2,24,27,28)/b10-7-. The van der Waals surface area contributed by atoms with Gasteiger partial charge in [0.15, 0.2) is 0 Å². The van der Waals surface area contributed by atoms with E-state index in [1.165, 1.54) is 44.5 Å². The summed E-state index contributed by atoms with van der Waals surface area (Å²) >= 11 is 0. The maximum Gasteiger partial charge on any atom is 0.236 e. The van der Waals surface area contributed by atoms with Crippen LogP contribution in [0.5, 0.6) is 0 Å². The molecule has 1 aliphatic carbocycles. The summed E-state index contributed by atoms with van der Waals surface area (Å²) in [5.41, 5.74) is -1.76. The van der Waals surface area contributed by atoms with Crippen LogP contribution in [0.2, 0.25) is 0 Å². The number of carbonyl (C=O) groups is 1. The van der Waals surface area contributed by atoms with Crippen LogP contribution in [-0.4, -0.2) is 21.8 Å². The first-order valence-corrected chi connectivity index (χ1v) is 9.10. The number of halogens is 2. The molecular weight excluding hydrogens is 378 g/mol. The Morgan fingerprint density at radius 2 is 1.97 bits per heavy atom. The zero-order valence-electron chi connectivity index (χ0n) is 16.1. The van der Waals surface area contributed by atoms with Gasteiger partial charge >= 0.3 is 0 Å². The van der Waals surface area contributed by atoms with Gasteiger partial charge in [0.2, 0.25) is 5.91 Å². The van der Waals surface area contributed by atoms with Crippen molar-refractivity contribution in [3.63, 3.8) is 0 Å². The molecule has 0 aliphatic heterocycles. The molecule has 0 bridgehead atoms. The van der Waals surface area contributed by atoms with E-state index in [1.807, 2.05) is 0 Å². The van der Waals surface area contributed by atoms with E-state index in [0.717, 1.165) is 0 Å². The van der Waals surface area contributed by atoms with Crippen LogP contribution in [0.1, 0.15) is 37.9 Å². The van der Waals surface area contributed by atoms with E-state index < -0.39 is 28.6 Å². The summed E-state index contributed by atoms with van der Waals surface area (Å²) in [6.45, 7) is 2.87. The highest BCUT2D eigenvalue weighted by atomic mass is 19.1. The molecule has 0 radical (unpaired) electrons. The summed E-state index contributed by atoms with van der Waals surface area (Å²) in [5.74, 6) is -1.72. The Morgan fingerprint density at radius 3 is 2.55 bits per heavy atom. The predicted molar refractivity (Wildman–Crippen MR) is 105 cm³/mol. The average Bonchev–Trinajstić information content (AvgIpc) is 3.43. The number of amides is 1. The highest BCUT2D eigenvalue weighted by Crippen LogP contribution is 2.49. The van der Waals surface area contributed by atoms with Crippen LogP contribution in [0.15, 0.2) is 48.8 Å². The number of hydrogen-bond acceptors (Lipinski definition) is 5. The molecule has 1 amide bonds. The minimum Gasteiger partial charge on any atom is -0.384 e. The second kappa shape index (κ2) is 7.71. The van der Waals surface area contributed by atoms with Crippen molar-refractivity contribution in [2.45, 2.75) is 37.7 Å². The molecule has 0 unspecified atom stereocenters. The Balaban J connectivity index is 1.60. The summed E-state index contributed by atoms with van der Waals surface area (Å²) in [6.07, 6.45) is 5.03. The lowest BCUT2D eigenvalue weighted by atomic mass is 9.94. The van der Waals surface area contributed by atoms with Gasteiger partial charge in [0.1, 0.15) is 28.8 Å². The number of amidine groups is 1. The Hall–Kier alpha value is -3.13. The van der Waals surface area contributed by atoms with Crippen LogP contribution in [0.3, 0.4) is 0 Å². The fourth-order valence-corrected chi connectivity index (χ4v) is 3.06. The van der Waals surface area contributed by atoms with Crippen molar-refractivity contribution in [3.05, 3.63) is 71.7 Å².